The molecule has 1 aromatic carbocycles. The maximum atomic E-state index is 13.1. The standard InChI is InChI=1S/C23H25N9O2/c1-15-24-12-19(29(15)2)18-11-20-30(3)23(34)17(9-10-32(20)27-18)26-22(33)21-25-14-31(28-21)13-16-7-5-4-6-8-16/h4-8,11-12,14,17H,9-10,13H2,1-3H3,(H,26,33). The fourth-order valence-electron chi connectivity index (χ4n) is 4.03. The molecule has 0 saturated carbocycles. The van der Waals surface area contributed by atoms with E-state index in [0.29, 0.717) is 25.3 Å². The van der Waals surface area contributed by atoms with E-state index in [1.54, 1.807) is 22.6 Å². The van der Waals surface area contributed by atoms with E-state index < -0.39 is 11.9 Å². The molecule has 0 spiro atoms. The molecule has 1 aliphatic rings. The second-order valence-electron chi connectivity index (χ2n) is 8.32. The Hall–Kier alpha value is -4.28. The Kier molecular flexibility index (Phi) is 5.44. The maximum absolute atomic E-state index is 13.1. The second-order valence-corrected chi connectivity index (χ2v) is 8.32. The molecule has 174 valence electrons. The molecule has 2 amide bonds. The van der Waals surface area contributed by atoms with Crippen LogP contribution < -0.4 is 10.2 Å². The van der Waals surface area contributed by atoms with Crippen LogP contribution in [0.2, 0.25) is 0 Å². The molecule has 0 bridgehead atoms. The van der Waals surface area contributed by atoms with Crippen molar-refractivity contribution >= 4 is 17.6 Å². The summed E-state index contributed by atoms with van der Waals surface area (Å²) in [4.78, 5) is 35.9. The van der Waals surface area contributed by atoms with E-state index in [9.17, 15) is 9.59 Å². The Morgan fingerprint density at radius 3 is 2.68 bits per heavy atom. The topological polar surface area (TPSA) is 116 Å². The van der Waals surface area contributed by atoms with Gasteiger partial charge >= 0.3 is 0 Å². The fourth-order valence-corrected chi connectivity index (χ4v) is 4.03. The third-order valence-electron chi connectivity index (χ3n) is 6.08. The molecule has 0 saturated heterocycles. The quantitative estimate of drug-likeness (QED) is 0.482. The summed E-state index contributed by atoms with van der Waals surface area (Å²) in [5, 5.41) is 11.7. The molecule has 1 aliphatic heterocycles. The third kappa shape index (κ3) is 3.96. The second kappa shape index (κ2) is 8.58. The molecule has 0 radical (unpaired) electrons. The number of benzene rings is 1. The minimum Gasteiger partial charge on any atom is -0.337 e. The van der Waals surface area contributed by atoms with Gasteiger partial charge in [-0.2, -0.15) is 5.10 Å². The van der Waals surface area contributed by atoms with Gasteiger partial charge in [-0.1, -0.05) is 30.3 Å². The SMILES string of the molecule is Cc1ncc(-c2cc3n(n2)CCC(NC(=O)c2ncn(Cc4ccccc4)n2)C(=O)N3C)n1C. The molecule has 1 unspecified atom stereocenters. The van der Waals surface area contributed by atoms with Gasteiger partial charge in [0.2, 0.25) is 5.82 Å². The van der Waals surface area contributed by atoms with Gasteiger partial charge in [0.25, 0.3) is 11.8 Å². The van der Waals surface area contributed by atoms with E-state index in [2.05, 4.69) is 25.5 Å². The number of hydrogen-bond acceptors (Lipinski definition) is 6. The molecule has 3 aromatic heterocycles. The van der Waals surface area contributed by atoms with Crippen LogP contribution in [0.25, 0.3) is 11.4 Å². The predicted molar refractivity (Wildman–Crippen MR) is 124 cm³/mol. The number of aryl methyl sites for hydroxylation is 2. The van der Waals surface area contributed by atoms with E-state index in [0.717, 1.165) is 22.8 Å². The van der Waals surface area contributed by atoms with Crippen molar-refractivity contribution in [2.24, 2.45) is 7.05 Å². The first kappa shape index (κ1) is 21.6. The molecular formula is C23H25N9O2. The van der Waals surface area contributed by atoms with Crippen molar-refractivity contribution in [3.63, 3.8) is 0 Å². The zero-order chi connectivity index (χ0) is 23.8. The summed E-state index contributed by atoms with van der Waals surface area (Å²) in [5.41, 5.74) is 2.67. The van der Waals surface area contributed by atoms with E-state index in [4.69, 9.17) is 0 Å². The predicted octanol–water partition coefficient (Wildman–Crippen LogP) is 1.40. The summed E-state index contributed by atoms with van der Waals surface area (Å²) in [5.74, 6) is 0.876. The van der Waals surface area contributed by atoms with Crippen molar-refractivity contribution in [3.8, 4) is 11.4 Å². The van der Waals surface area contributed by atoms with E-state index in [1.165, 1.54) is 11.2 Å². The highest BCUT2D eigenvalue weighted by molar-refractivity contribution is 6.01. The first-order chi connectivity index (χ1) is 16.4. The minimum atomic E-state index is -0.706. The summed E-state index contributed by atoms with van der Waals surface area (Å²) in [6, 6.07) is 10.9. The maximum Gasteiger partial charge on any atom is 0.291 e. The van der Waals surface area contributed by atoms with Gasteiger partial charge < -0.3 is 9.88 Å². The van der Waals surface area contributed by atoms with Crippen LogP contribution in [0.5, 0.6) is 0 Å². The third-order valence-corrected chi connectivity index (χ3v) is 6.08. The fraction of sp³-hybridized carbons (Fsp3) is 0.304. The number of rotatable bonds is 5. The molecule has 11 nitrogen and oxygen atoms in total. The first-order valence-electron chi connectivity index (χ1n) is 11.0. The van der Waals surface area contributed by atoms with Crippen molar-refractivity contribution in [2.75, 3.05) is 11.9 Å². The highest BCUT2D eigenvalue weighted by Crippen LogP contribution is 2.27. The lowest BCUT2D eigenvalue weighted by Crippen LogP contribution is -2.47. The minimum absolute atomic E-state index is 0.0298. The smallest absolute Gasteiger partial charge is 0.291 e. The van der Waals surface area contributed by atoms with Crippen molar-refractivity contribution in [3.05, 3.63) is 66.1 Å². The van der Waals surface area contributed by atoms with Crippen molar-refractivity contribution < 1.29 is 9.59 Å². The van der Waals surface area contributed by atoms with E-state index in [-0.39, 0.29) is 11.7 Å². The van der Waals surface area contributed by atoms with E-state index >= 15 is 0 Å². The Balaban J connectivity index is 1.28. The summed E-state index contributed by atoms with van der Waals surface area (Å²) >= 11 is 0. The number of fused-ring (bicyclic) bond motifs is 1. The highest BCUT2D eigenvalue weighted by atomic mass is 16.2. The molecule has 4 aromatic rings. The van der Waals surface area contributed by atoms with Gasteiger partial charge in [-0.05, 0) is 18.9 Å². The van der Waals surface area contributed by atoms with Crippen LogP contribution in [0.3, 0.4) is 0 Å². The molecule has 5 rings (SSSR count). The highest BCUT2D eigenvalue weighted by Gasteiger charge is 2.32. The molecule has 4 heterocycles. The Bertz CT molecular complexity index is 1350. The number of imidazole rings is 1. The number of amides is 2. The van der Waals surface area contributed by atoms with Gasteiger partial charge in [0.1, 0.15) is 29.7 Å². The number of carbonyl (C=O) groups is 2. The van der Waals surface area contributed by atoms with Crippen molar-refractivity contribution in [2.45, 2.75) is 32.5 Å². The van der Waals surface area contributed by atoms with Crippen LogP contribution in [0.15, 0.2) is 48.9 Å². The lowest BCUT2D eigenvalue weighted by Gasteiger charge is -2.19. The average Bonchev–Trinajstić information content (AvgIpc) is 3.54. The van der Waals surface area contributed by atoms with Crippen molar-refractivity contribution in [1.82, 2.24) is 39.4 Å². The van der Waals surface area contributed by atoms with Gasteiger partial charge in [0.05, 0.1) is 18.4 Å². The van der Waals surface area contributed by atoms with Crippen LogP contribution in [-0.4, -0.2) is 59.0 Å². The van der Waals surface area contributed by atoms with Crippen LogP contribution in [0.4, 0.5) is 5.82 Å². The summed E-state index contributed by atoms with van der Waals surface area (Å²) in [7, 11) is 3.61. The molecule has 11 heteroatoms. The van der Waals surface area contributed by atoms with E-state index in [1.807, 2.05) is 54.9 Å². The molecule has 34 heavy (non-hydrogen) atoms. The zero-order valence-corrected chi connectivity index (χ0v) is 19.2. The monoisotopic (exact) mass is 459 g/mol. The molecule has 1 atom stereocenters. The number of carbonyl (C=O) groups excluding carboxylic acids is 2. The number of aromatic nitrogens is 7. The van der Waals surface area contributed by atoms with Gasteiger partial charge in [-0.25, -0.2) is 19.3 Å². The Labute approximate surface area is 196 Å². The van der Waals surface area contributed by atoms with Crippen LogP contribution in [0, 0.1) is 6.92 Å². The van der Waals surface area contributed by atoms with Crippen molar-refractivity contribution in [1.29, 1.82) is 0 Å². The van der Waals surface area contributed by atoms with Gasteiger partial charge in [0.15, 0.2) is 0 Å². The normalized spacial score (nSPS) is 15.8. The largest absolute Gasteiger partial charge is 0.337 e. The number of anilines is 1. The average molecular weight is 460 g/mol. The van der Waals surface area contributed by atoms with Gasteiger partial charge in [0, 0.05) is 26.7 Å². The number of nitrogens with zero attached hydrogens (tertiary/aromatic N) is 8. The summed E-state index contributed by atoms with van der Waals surface area (Å²) < 4.78 is 5.34. The Morgan fingerprint density at radius 1 is 1.15 bits per heavy atom. The lowest BCUT2D eigenvalue weighted by atomic mass is 10.2. The zero-order valence-electron chi connectivity index (χ0n) is 19.2. The molecule has 1 N–H and O–H groups in total. The van der Waals surface area contributed by atoms with Gasteiger partial charge in [-0.3, -0.25) is 14.5 Å². The first-order valence-corrected chi connectivity index (χ1v) is 11.0. The molecular weight excluding hydrogens is 434 g/mol. The lowest BCUT2D eigenvalue weighted by molar-refractivity contribution is -0.120. The molecule has 0 aliphatic carbocycles. The number of nitrogens with one attached hydrogen (secondary N) is 1. The number of hydrogen-bond donors (Lipinski definition) is 1. The Morgan fingerprint density at radius 2 is 1.94 bits per heavy atom. The van der Waals surface area contributed by atoms with Crippen LogP contribution >= 0.6 is 0 Å². The molecule has 0 fully saturated rings. The summed E-state index contributed by atoms with van der Waals surface area (Å²) in [6.45, 7) is 2.90. The summed E-state index contributed by atoms with van der Waals surface area (Å²) in [6.07, 6.45) is 3.69. The van der Waals surface area contributed by atoms with Crippen LogP contribution in [0.1, 0.15) is 28.4 Å². The van der Waals surface area contributed by atoms with Crippen LogP contribution in [-0.2, 0) is 24.9 Å². The van der Waals surface area contributed by atoms with Gasteiger partial charge in [-0.15, -0.1) is 5.10 Å². The number of likely N-dealkylation sites (N-methyl/N-ethyl adjacent to an activating group) is 1.